The number of aromatic hydroxyl groups is 1. The molecular weight excluding hydrogens is 258 g/mol. The minimum absolute atomic E-state index is 0.0769. The fraction of sp³-hybridized carbons (Fsp3) is 0.267. The monoisotopic (exact) mass is 275 g/mol. The molecule has 2 rings (SSSR count). The Kier molecular flexibility index (Phi) is 4.22. The molecule has 0 radical (unpaired) electrons. The Morgan fingerprint density at radius 3 is 2.74 bits per heavy atom. The first-order valence-corrected chi connectivity index (χ1v) is 7.01. The van der Waals surface area contributed by atoms with E-state index in [0.29, 0.717) is 12.1 Å². The minimum atomic E-state index is -0.0769. The number of thiophene rings is 1. The topological polar surface area (TPSA) is 49.3 Å². The van der Waals surface area contributed by atoms with Crippen molar-refractivity contribution in [2.75, 3.05) is 5.32 Å². The normalized spacial score (nSPS) is 10.4. The average Bonchev–Trinajstić information content (AvgIpc) is 2.77. The Morgan fingerprint density at radius 2 is 2.05 bits per heavy atom. The molecule has 1 aromatic heterocycles. The number of carbonyl (C=O) groups is 1. The van der Waals surface area contributed by atoms with Gasteiger partial charge in [0.05, 0.1) is 5.69 Å². The van der Waals surface area contributed by atoms with Crippen molar-refractivity contribution in [3.8, 4) is 5.75 Å². The van der Waals surface area contributed by atoms with Crippen LogP contribution < -0.4 is 5.32 Å². The third kappa shape index (κ3) is 3.83. The summed E-state index contributed by atoms with van der Waals surface area (Å²) in [6.45, 7) is 3.97. The Morgan fingerprint density at radius 1 is 1.26 bits per heavy atom. The molecule has 3 nitrogen and oxygen atoms in total. The maximum absolute atomic E-state index is 11.8. The third-order valence-electron chi connectivity index (χ3n) is 2.82. The van der Waals surface area contributed by atoms with Gasteiger partial charge in [-0.15, -0.1) is 11.3 Å². The highest BCUT2D eigenvalue weighted by atomic mass is 32.1. The first kappa shape index (κ1) is 13.6. The van der Waals surface area contributed by atoms with Gasteiger partial charge >= 0.3 is 0 Å². The van der Waals surface area contributed by atoms with Crippen LogP contribution in [0.4, 0.5) is 5.69 Å². The second kappa shape index (κ2) is 5.89. The molecule has 19 heavy (non-hydrogen) atoms. The molecule has 1 aromatic carbocycles. The molecular formula is C15H17NO2S. The largest absolute Gasteiger partial charge is 0.506 e. The van der Waals surface area contributed by atoms with E-state index in [1.165, 1.54) is 9.75 Å². The molecule has 0 aliphatic rings. The lowest BCUT2D eigenvalue weighted by Crippen LogP contribution is -2.12. The van der Waals surface area contributed by atoms with Crippen LogP contribution in [0.3, 0.4) is 0 Å². The molecule has 4 heteroatoms. The zero-order valence-corrected chi connectivity index (χ0v) is 11.9. The van der Waals surface area contributed by atoms with E-state index in [2.05, 4.69) is 24.4 Å². The van der Waals surface area contributed by atoms with E-state index in [4.69, 9.17) is 0 Å². The van der Waals surface area contributed by atoms with Crippen molar-refractivity contribution in [1.82, 2.24) is 0 Å². The van der Waals surface area contributed by atoms with Gasteiger partial charge < -0.3 is 10.4 Å². The lowest BCUT2D eigenvalue weighted by Gasteiger charge is -2.07. The van der Waals surface area contributed by atoms with Crippen molar-refractivity contribution in [3.63, 3.8) is 0 Å². The molecule has 0 bridgehead atoms. The third-order valence-corrected chi connectivity index (χ3v) is 3.88. The van der Waals surface area contributed by atoms with Gasteiger partial charge in [-0.1, -0.05) is 6.07 Å². The fourth-order valence-corrected chi connectivity index (χ4v) is 2.71. The summed E-state index contributed by atoms with van der Waals surface area (Å²) in [5.41, 5.74) is 1.48. The number of hydrogen-bond donors (Lipinski definition) is 2. The first-order valence-electron chi connectivity index (χ1n) is 6.19. The zero-order valence-electron chi connectivity index (χ0n) is 11.1. The highest BCUT2D eigenvalue weighted by Gasteiger charge is 2.07. The second-order valence-electron chi connectivity index (χ2n) is 4.58. The Hall–Kier alpha value is -1.81. The van der Waals surface area contributed by atoms with Gasteiger partial charge in [-0.05, 0) is 50.1 Å². The first-order chi connectivity index (χ1) is 9.04. The van der Waals surface area contributed by atoms with E-state index in [0.717, 1.165) is 12.0 Å². The Bertz CT molecular complexity index is 590. The molecule has 0 saturated heterocycles. The van der Waals surface area contributed by atoms with Crippen LogP contribution in [0.5, 0.6) is 5.75 Å². The van der Waals surface area contributed by atoms with E-state index >= 15 is 0 Å². The maximum atomic E-state index is 11.8. The molecule has 0 fully saturated rings. The van der Waals surface area contributed by atoms with E-state index in [1.54, 1.807) is 29.5 Å². The van der Waals surface area contributed by atoms with Crippen molar-refractivity contribution in [2.24, 2.45) is 0 Å². The maximum Gasteiger partial charge on any atom is 0.224 e. The van der Waals surface area contributed by atoms with Gasteiger partial charge in [0.1, 0.15) is 5.75 Å². The molecule has 0 saturated carbocycles. The summed E-state index contributed by atoms with van der Waals surface area (Å²) in [6.07, 6.45) is 1.16. The van der Waals surface area contributed by atoms with Gasteiger partial charge in [-0.2, -0.15) is 0 Å². The van der Waals surface area contributed by atoms with Crippen LogP contribution in [-0.2, 0) is 11.2 Å². The molecule has 1 heterocycles. The highest BCUT2D eigenvalue weighted by Crippen LogP contribution is 2.24. The van der Waals surface area contributed by atoms with E-state index in [-0.39, 0.29) is 11.7 Å². The average molecular weight is 275 g/mol. The molecule has 100 valence electrons. The number of rotatable bonds is 4. The predicted molar refractivity (Wildman–Crippen MR) is 78.9 cm³/mol. The van der Waals surface area contributed by atoms with E-state index in [9.17, 15) is 9.90 Å². The summed E-state index contributed by atoms with van der Waals surface area (Å²) < 4.78 is 0. The van der Waals surface area contributed by atoms with Crippen LogP contribution >= 0.6 is 11.3 Å². The summed E-state index contributed by atoms with van der Waals surface area (Å²) in [4.78, 5) is 14.3. The quantitative estimate of drug-likeness (QED) is 0.837. The number of amides is 1. The van der Waals surface area contributed by atoms with Gasteiger partial charge in [0.2, 0.25) is 5.91 Å². The summed E-state index contributed by atoms with van der Waals surface area (Å²) in [5, 5.41) is 12.4. The zero-order chi connectivity index (χ0) is 13.8. The lowest BCUT2D eigenvalue weighted by molar-refractivity contribution is -0.116. The van der Waals surface area contributed by atoms with Crippen LogP contribution in [0, 0.1) is 13.8 Å². The number of phenolic OH excluding ortho intramolecular Hbond substituents is 1. The summed E-state index contributed by atoms with van der Waals surface area (Å²) in [6, 6.07) is 9.28. The summed E-state index contributed by atoms with van der Waals surface area (Å²) >= 11 is 1.71. The molecule has 1 amide bonds. The highest BCUT2D eigenvalue weighted by molar-refractivity contribution is 7.11. The van der Waals surface area contributed by atoms with Gasteiger partial charge in [0.15, 0.2) is 0 Å². The predicted octanol–water partition coefficient (Wildman–Crippen LogP) is 3.64. The van der Waals surface area contributed by atoms with Crippen LogP contribution in [-0.4, -0.2) is 11.0 Å². The Balaban J connectivity index is 1.92. The molecule has 0 spiro atoms. The SMILES string of the molecule is Cc1ccc(O)c(NC(=O)CCc2ccc(C)s2)c1. The smallest absolute Gasteiger partial charge is 0.224 e. The number of phenols is 1. The number of anilines is 1. The van der Waals surface area contributed by atoms with Gasteiger partial charge in [-0.25, -0.2) is 0 Å². The van der Waals surface area contributed by atoms with Crippen LogP contribution in [0.15, 0.2) is 30.3 Å². The summed E-state index contributed by atoms with van der Waals surface area (Å²) in [5.74, 6) is 0.0258. The fourth-order valence-electron chi connectivity index (χ4n) is 1.82. The molecule has 2 aromatic rings. The van der Waals surface area contributed by atoms with E-state index < -0.39 is 0 Å². The van der Waals surface area contributed by atoms with Crippen molar-refractivity contribution >= 4 is 22.9 Å². The van der Waals surface area contributed by atoms with Crippen LogP contribution in [0.2, 0.25) is 0 Å². The number of benzene rings is 1. The minimum Gasteiger partial charge on any atom is -0.506 e. The van der Waals surface area contributed by atoms with Crippen molar-refractivity contribution in [2.45, 2.75) is 26.7 Å². The van der Waals surface area contributed by atoms with Gasteiger partial charge in [-0.3, -0.25) is 4.79 Å². The second-order valence-corrected chi connectivity index (χ2v) is 5.95. The lowest BCUT2D eigenvalue weighted by atomic mass is 10.2. The molecule has 2 N–H and O–H groups in total. The number of carbonyl (C=O) groups excluding carboxylic acids is 1. The van der Waals surface area contributed by atoms with Gasteiger partial charge in [0, 0.05) is 16.2 Å². The standard InChI is InChI=1S/C15H17NO2S/c1-10-3-7-14(17)13(9-10)16-15(18)8-6-12-5-4-11(2)19-12/h3-5,7,9,17H,6,8H2,1-2H3,(H,16,18). The van der Waals surface area contributed by atoms with Crippen molar-refractivity contribution in [3.05, 3.63) is 45.6 Å². The van der Waals surface area contributed by atoms with E-state index in [1.807, 2.05) is 6.92 Å². The summed E-state index contributed by atoms with van der Waals surface area (Å²) in [7, 11) is 0. The van der Waals surface area contributed by atoms with Gasteiger partial charge in [0.25, 0.3) is 0 Å². The Labute approximate surface area is 116 Å². The van der Waals surface area contributed by atoms with Crippen molar-refractivity contribution in [1.29, 1.82) is 0 Å². The number of hydrogen-bond acceptors (Lipinski definition) is 3. The molecule has 0 aliphatic heterocycles. The van der Waals surface area contributed by atoms with Crippen LogP contribution in [0.1, 0.15) is 21.7 Å². The van der Waals surface area contributed by atoms with Crippen molar-refractivity contribution < 1.29 is 9.90 Å². The number of nitrogens with one attached hydrogen (secondary N) is 1. The number of aryl methyl sites for hydroxylation is 3. The van der Waals surface area contributed by atoms with Crippen LogP contribution in [0.25, 0.3) is 0 Å². The molecule has 0 atom stereocenters. The molecule has 0 aliphatic carbocycles. The molecule has 0 unspecified atom stereocenters.